The van der Waals surface area contributed by atoms with Gasteiger partial charge in [-0.2, -0.15) is 0 Å². The number of halogens is 1. The van der Waals surface area contributed by atoms with Crippen molar-refractivity contribution in [2.75, 3.05) is 39.3 Å². The molecular formula is C38H44ClN3O8S. The van der Waals surface area contributed by atoms with E-state index in [4.69, 9.17) is 30.5 Å². The zero-order valence-electron chi connectivity index (χ0n) is 29.6. The van der Waals surface area contributed by atoms with Crippen LogP contribution < -0.4 is 28.6 Å². The van der Waals surface area contributed by atoms with E-state index in [0.29, 0.717) is 23.5 Å². The molecule has 0 unspecified atom stereocenters. The number of nitrogens with one attached hydrogen (secondary N) is 1. The first kappa shape index (κ1) is 38.9. The number of methoxy groups -OCH3 is 4. The number of carbonyl (C=O) groups excluding carboxylic acids is 2. The quantitative estimate of drug-likeness (QED) is 0.138. The second kappa shape index (κ2) is 17.8. The highest BCUT2D eigenvalue weighted by Gasteiger charge is 2.36. The highest BCUT2D eigenvalue weighted by Crippen LogP contribution is 2.37. The van der Waals surface area contributed by atoms with E-state index in [1.54, 1.807) is 24.3 Å². The summed E-state index contributed by atoms with van der Waals surface area (Å²) in [7, 11) is 1.25. The summed E-state index contributed by atoms with van der Waals surface area (Å²) in [6, 6.07) is 23.9. The molecule has 4 aromatic carbocycles. The molecule has 0 bridgehead atoms. The molecule has 0 spiro atoms. The summed E-state index contributed by atoms with van der Waals surface area (Å²) in [4.78, 5) is 30.2. The predicted octanol–water partition coefficient (Wildman–Crippen LogP) is 6.12. The number of amides is 2. The van der Waals surface area contributed by atoms with Crippen LogP contribution in [0.15, 0.2) is 95.9 Å². The summed E-state index contributed by atoms with van der Waals surface area (Å²) in [5.74, 6) is 0.186. The maximum atomic E-state index is 14.9. The third kappa shape index (κ3) is 9.65. The second-order valence-corrected chi connectivity index (χ2v) is 14.0. The first-order chi connectivity index (χ1) is 24.4. The van der Waals surface area contributed by atoms with Crippen LogP contribution in [0.2, 0.25) is 5.02 Å². The van der Waals surface area contributed by atoms with Crippen molar-refractivity contribution in [1.29, 1.82) is 0 Å². The van der Waals surface area contributed by atoms with E-state index >= 15 is 0 Å². The Morgan fingerprint density at radius 2 is 1.45 bits per heavy atom. The van der Waals surface area contributed by atoms with Gasteiger partial charge < -0.3 is 29.2 Å². The van der Waals surface area contributed by atoms with E-state index in [2.05, 4.69) is 5.32 Å². The van der Waals surface area contributed by atoms with Gasteiger partial charge in [-0.3, -0.25) is 13.9 Å². The van der Waals surface area contributed by atoms with E-state index < -0.39 is 28.5 Å². The van der Waals surface area contributed by atoms with Gasteiger partial charge in [0.05, 0.1) is 39.0 Å². The van der Waals surface area contributed by atoms with Crippen LogP contribution in [-0.4, -0.2) is 72.2 Å². The Hall–Kier alpha value is -4.94. The van der Waals surface area contributed by atoms with Gasteiger partial charge in [-0.15, -0.1) is 0 Å². The average molecular weight is 738 g/mol. The number of rotatable bonds is 17. The Kier molecular flexibility index (Phi) is 13.6. The standard InChI is InChI=1S/C38H44ClN3O8S/c1-7-26(2)40-38(44)33(21-27-12-9-8-10-13-27)41(24-28-14-11-15-30(20-28)47-3)37(43)25-42(32-22-29(39)16-18-34(32)48-4)51(45,46)31-17-19-35(49-5)36(23-31)50-6/h8-20,22-23,26,33H,7,21,24-25H2,1-6H3,(H,40,44)/t26-,33+/m0/s1. The van der Waals surface area contributed by atoms with E-state index in [-0.39, 0.29) is 52.0 Å². The molecular weight excluding hydrogens is 694 g/mol. The SMILES string of the molecule is CC[C@H](C)NC(=O)[C@@H](Cc1ccccc1)N(Cc1cccc(OC)c1)C(=O)CN(c1cc(Cl)ccc1OC)S(=O)(=O)c1ccc(OC)c(OC)c1. The van der Waals surface area contributed by atoms with Crippen LogP contribution in [0, 0.1) is 0 Å². The van der Waals surface area contributed by atoms with E-state index in [0.717, 1.165) is 9.87 Å². The summed E-state index contributed by atoms with van der Waals surface area (Å²) in [6.45, 7) is 3.10. The summed E-state index contributed by atoms with van der Waals surface area (Å²) < 4.78 is 51.9. The predicted molar refractivity (Wildman–Crippen MR) is 197 cm³/mol. The Labute approximate surface area is 305 Å². The molecule has 0 radical (unpaired) electrons. The minimum absolute atomic E-state index is 0.0260. The largest absolute Gasteiger partial charge is 0.497 e. The molecule has 0 aliphatic carbocycles. The lowest BCUT2D eigenvalue weighted by Crippen LogP contribution is -2.54. The molecule has 2 amide bonds. The fourth-order valence-corrected chi connectivity index (χ4v) is 7.04. The molecule has 1 N–H and O–H groups in total. The van der Waals surface area contributed by atoms with Gasteiger partial charge in [-0.05, 0) is 66.9 Å². The van der Waals surface area contributed by atoms with Crippen molar-refractivity contribution in [2.45, 2.75) is 50.2 Å². The number of hydrogen-bond acceptors (Lipinski definition) is 8. The van der Waals surface area contributed by atoms with E-state index in [1.165, 1.54) is 63.7 Å². The van der Waals surface area contributed by atoms with Crippen LogP contribution in [-0.2, 0) is 32.6 Å². The van der Waals surface area contributed by atoms with Gasteiger partial charge in [0, 0.05) is 30.1 Å². The lowest BCUT2D eigenvalue weighted by molar-refractivity contribution is -0.140. The number of ether oxygens (including phenoxy) is 4. The molecule has 4 rings (SSSR count). The summed E-state index contributed by atoms with van der Waals surface area (Å²) in [5, 5.41) is 3.25. The van der Waals surface area contributed by atoms with Crippen molar-refractivity contribution in [2.24, 2.45) is 0 Å². The number of sulfonamides is 1. The van der Waals surface area contributed by atoms with Crippen molar-refractivity contribution < 1.29 is 37.0 Å². The van der Waals surface area contributed by atoms with Crippen molar-refractivity contribution in [1.82, 2.24) is 10.2 Å². The fourth-order valence-electron chi connectivity index (χ4n) is 5.44. The Morgan fingerprint density at radius 1 is 0.784 bits per heavy atom. The van der Waals surface area contributed by atoms with Crippen LogP contribution in [0.25, 0.3) is 0 Å². The molecule has 0 heterocycles. The molecule has 0 fully saturated rings. The zero-order chi connectivity index (χ0) is 37.1. The van der Waals surface area contributed by atoms with Crippen LogP contribution >= 0.6 is 11.6 Å². The number of anilines is 1. The number of nitrogens with zero attached hydrogens (tertiary/aromatic N) is 2. The summed E-state index contributed by atoms with van der Waals surface area (Å²) in [5.41, 5.74) is 1.52. The number of benzene rings is 4. The first-order valence-electron chi connectivity index (χ1n) is 16.3. The molecule has 0 aromatic heterocycles. The number of carbonyl (C=O) groups is 2. The van der Waals surface area contributed by atoms with E-state index in [9.17, 15) is 18.0 Å². The first-order valence-corrected chi connectivity index (χ1v) is 18.1. The van der Waals surface area contributed by atoms with Gasteiger partial charge in [-0.25, -0.2) is 8.42 Å². The monoisotopic (exact) mass is 737 g/mol. The topological polar surface area (TPSA) is 124 Å². The third-order valence-electron chi connectivity index (χ3n) is 8.39. The minimum Gasteiger partial charge on any atom is -0.497 e. The van der Waals surface area contributed by atoms with Crippen molar-refractivity contribution in [3.8, 4) is 23.0 Å². The van der Waals surface area contributed by atoms with Gasteiger partial charge >= 0.3 is 0 Å². The molecule has 51 heavy (non-hydrogen) atoms. The highest BCUT2D eigenvalue weighted by molar-refractivity contribution is 7.92. The van der Waals surface area contributed by atoms with Crippen LogP contribution in [0.5, 0.6) is 23.0 Å². The molecule has 0 aliphatic heterocycles. The molecule has 272 valence electrons. The molecule has 13 heteroatoms. The molecule has 0 saturated heterocycles. The van der Waals surface area contributed by atoms with Crippen LogP contribution in [0.3, 0.4) is 0 Å². The molecule has 0 saturated carbocycles. The third-order valence-corrected chi connectivity index (χ3v) is 10.4. The van der Waals surface area contributed by atoms with Crippen LogP contribution in [0.4, 0.5) is 5.69 Å². The minimum atomic E-state index is -4.51. The van der Waals surface area contributed by atoms with Gasteiger partial charge in [0.2, 0.25) is 11.8 Å². The van der Waals surface area contributed by atoms with Gasteiger partial charge in [-0.1, -0.05) is 61.0 Å². The number of hydrogen-bond donors (Lipinski definition) is 1. The Morgan fingerprint density at radius 3 is 2.10 bits per heavy atom. The second-order valence-electron chi connectivity index (χ2n) is 11.7. The van der Waals surface area contributed by atoms with E-state index in [1.807, 2.05) is 50.2 Å². The normalized spacial score (nSPS) is 12.3. The van der Waals surface area contributed by atoms with Crippen molar-refractivity contribution in [3.63, 3.8) is 0 Å². The Bertz CT molecular complexity index is 1910. The summed E-state index contributed by atoms with van der Waals surface area (Å²) in [6.07, 6.45) is 0.835. The highest BCUT2D eigenvalue weighted by atomic mass is 35.5. The molecule has 0 aliphatic rings. The van der Waals surface area contributed by atoms with Gasteiger partial charge in [0.25, 0.3) is 10.0 Å². The lowest BCUT2D eigenvalue weighted by Gasteiger charge is -2.34. The van der Waals surface area contributed by atoms with Crippen LogP contribution in [0.1, 0.15) is 31.4 Å². The zero-order valence-corrected chi connectivity index (χ0v) is 31.2. The smallest absolute Gasteiger partial charge is 0.265 e. The van der Waals surface area contributed by atoms with Crippen molar-refractivity contribution >= 4 is 39.1 Å². The van der Waals surface area contributed by atoms with Gasteiger partial charge in [0.1, 0.15) is 24.1 Å². The molecule has 2 atom stereocenters. The van der Waals surface area contributed by atoms with Gasteiger partial charge in [0.15, 0.2) is 11.5 Å². The Balaban J connectivity index is 1.90. The molecule has 4 aromatic rings. The molecule has 11 nitrogen and oxygen atoms in total. The summed E-state index contributed by atoms with van der Waals surface area (Å²) >= 11 is 6.41. The maximum Gasteiger partial charge on any atom is 0.265 e. The van der Waals surface area contributed by atoms with Crippen molar-refractivity contribution in [3.05, 3.63) is 107 Å². The maximum absolute atomic E-state index is 14.9. The lowest BCUT2D eigenvalue weighted by atomic mass is 10.0. The average Bonchev–Trinajstić information content (AvgIpc) is 3.14. The fraction of sp³-hybridized carbons (Fsp3) is 0.316.